The molecule has 6 nitrogen and oxygen atoms in total. The summed E-state index contributed by atoms with van der Waals surface area (Å²) in [4.78, 5) is 29.4. The van der Waals surface area contributed by atoms with Gasteiger partial charge in [-0.3, -0.25) is 14.2 Å². The van der Waals surface area contributed by atoms with E-state index < -0.39 is 0 Å². The summed E-state index contributed by atoms with van der Waals surface area (Å²) in [7, 11) is 0. The van der Waals surface area contributed by atoms with Crippen molar-refractivity contribution in [2.75, 3.05) is 11.9 Å². The number of para-hydroxylation sites is 1. The highest BCUT2D eigenvalue weighted by atomic mass is 16.5. The maximum atomic E-state index is 12.6. The number of aryl methyl sites for hydroxylation is 2. The molecule has 1 N–H and O–H groups in total. The van der Waals surface area contributed by atoms with Crippen molar-refractivity contribution in [1.82, 2.24) is 9.55 Å². The Morgan fingerprint density at radius 2 is 2.07 bits per heavy atom. The molecule has 0 atom stereocenters. The normalized spacial score (nSPS) is 13.6. The van der Waals surface area contributed by atoms with Crippen molar-refractivity contribution >= 4 is 22.5 Å². The standard InChI is InChI=1S/C23H25N3O3/c1-16-4-2-7-20-22(16)24-15-26(23(20)28)11-10-21(27)25-19-6-3-5-18(12-19)14-29-13-17-8-9-17/h2-7,12,15,17H,8-11,13-14H2,1H3,(H,25,27). The number of carbonyl (C=O) groups excluding carboxylic acids is 1. The highest BCUT2D eigenvalue weighted by molar-refractivity contribution is 5.90. The fourth-order valence-electron chi connectivity index (χ4n) is 3.31. The van der Waals surface area contributed by atoms with Gasteiger partial charge in [-0.1, -0.05) is 24.3 Å². The molecule has 3 aromatic rings. The van der Waals surface area contributed by atoms with Gasteiger partial charge in [-0.25, -0.2) is 4.98 Å². The fraction of sp³-hybridized carbons (Fsp3) is 0.348. The number of anilines is 1. The molecule has 1 amide bonds. The van der Waals surface area contributed by atoms with Crippen molar-refractivity contribution < 1.29 is 9.53 Å². The van der Waals surface area contributed by atoms with Crippen LogP contribution < -0.4 is 10.9 Å². The van der Waals surface area contributed by atoms with Gasteiger partial charge >= 0.3 is 0 Å². The zero-order chi connectivity index (χ0) is 20.2. The first-order valence-corrected chi connectivity index (χ1v) is 10.0. The van der Waals surface area contributed by atoms with E-state index in [4.69, 9.17) is 4.74 Å². The number of hydrogen-bond donors (Lipinski definition) is 1. The number of amides is 1. The Labute approximate surface area is 169 Å². The summed E-state index contributed by atoms with van der Waals surface area (Å²) in [6.45, 7) is 3.58. The van der Waals surface area contributed by atoms with Crippen molar-refractivity contribution in [3.05, 3.63) is 70.3 Å². The quantitative estimate of drug-likeness (QED) is 0.636. The van der Waals surface area contributed by atoms with Crippen LogP contribution in [0, 0.1) is 12.8 Å². The lowest BCUT2D eigenvalue weighted by atomic mass is 10.1. The molecule has 0 aliphatic heterocycles. The topological polar surface area (TPSA) is 73.2 Å². The number of benzene rings is 2. The van der Waals surface area contributed by atoms with E-state index in [9.17, 15) is 9.59 Å². The number of rotatable bonds is 8. The molecule has 0 saturated heterocycles. The summed E-state index contributed by atoms with van der Waals surface area (Å²) in [6, 6.07) is 13.2. The van der Waals surface area contributed by atoms with Gasteiger partial charge in [-0.15, -0.1) is 0 Å². The predicted octanol–water partition coefficient (Wildman–Crippen LogP) is 3.66. The first-order chi connectivity index (χ1) is 14.1. The van der Waals surface area contributed by atoms with Crippen molar-refractivity contribution in [3.8, 4) is 0 Å². The molecule has 1 aliphatic carbocycles. The summed E-state index contributed by atoms with van der Waals surface area (Å²) in [5.74, 6) is 0.590. The van der Waals surface area contributed by atoms with Crippen LogP contribution in [0.15, 0.2) is 53.6 Å². The van der Waals surface area contributed by atoms with Crippen LogP contribution in [0.25, 0.3) is 10.9 Å². The third-order valence-electron chi connectivity index (χ3n) is 5.16. The van der Waals surface area contributed by atoms with Gasteiger partial charge in [0.05, 0.1) is 23.8 Å². The molecule has 2 aromatic carbocycles. The molecular weight excluding hydrogens is 366 g/mol. The fourth-order valence-corrected chi connectivity index (χ4v) is 3.31. The number of nitrogens with one attached hydrogen (secondary N) is 1. The molecular formula is C23H25N3O3. The molecule has 0 spiro atoms. The minimum atomic E-state index is -0.141. The van der Waals surface area contributed by atoms with Crippen molar-refractivity contribution in [1.29, 1.82) is 0 Å². The van der Waals surface area contributed by atoms with Gasteiger partial charge in [0.2, 0.25) is 5.91 Å². The second-order valence-electron chi connectivity index (χ2n) is 7.67. The summed E-state index contributed by atoms with van der Waals surface area (Å²) in [5, 5.41) is 3.48. The van der Waals surface area contributed by atoms with Gasteiger partial charge in [0.1, 0.15) is 0 Å². The van der Waals surface area contributed by atoms with E-state index in [1.165, 1.54) is 23.7 Å². The van der Waals surface area contributed by atoms with Crippen LogP contribution in [-0.2, 0) is 22.7 Å². The minimum Gasteiger partial charge on any atom is -0.376 e. The Hall–Kier alpha value is -2.99. The first-order valence-electron chi connectivity index (χ1n) is 10.0. The van der Waals surface area contributed by atoms with Crippen LogP contribution in [0.2, 0.25) is 0 Å². The van der Waals surface area contributed by atoms with Gasteiger partial charge in [0.25, 0.3) is 5.56 Å². The Balaban J connectivity index is 1.35. The number of aromatic nitrogens is 2. The van der Waals surface area contributed by atoms with Crippen LogP contribution in [0.1, 0.15) is 30.4 Å². The Kier molecular flexibility index (Phi) is 5.71. The van der Waals surface area contributed by atoms with Crippen LogP contribution in [-0.4, -0.2) is 22.1 Å². The maximum absolute atomic E-state index is 12.6. The van der Waals surface area contributed by atoms with E-state index in [0.29, 0.717) is 17.5 Å². The molecule has 4 rings (SSSR count). The Bertz CT molecular complexity index is 1090. The molecule has 29 heavy (non-hydrogen) atoms. The van der Waals surface area contributed by atoms with Crippen molar-refractivity contribution in [2.45, 2.75) is 39.3 Å². The molecule has 1 aliphatic rings. The molecule has 1 fully saturated rings. The van der Waals surface area contributed by atoms with E-state index in [0.717, 1.165) is 29.3 Å². The van der Waals surface area contributed by atoms with Crippen molar-refractivity contribution in [3.63, 3.8) is 0 Å². The largest absolute Gasteiger partial charge is 0.376 e. The monoisotopic (exact) mass is 391 g/mol. The highest BCUT2D eigenvalue weighted by Crippen LogP contribution is 2.29. The highest BCUT2D eigenvalue weighted by Gasteiger charge is 2.21. The van der Waals surface area contributed by atoms with E-state index in [1.807, 2.05) is 43.3 Å². The Morgan fingerprint density at radius 1 is 1.24 bits per heavy atom. The van der Waals surface area contributed by atoms with Crippen LogP contribution in [0.3, 0.4) is 0 Å². The second-order valence-corrected chi connectivity index (χ2v) is 7.67. The molecule has 1 saturated carbocycles. The molecule has 0 unspecified atom stereocenters. The van der Waals surface area contributed by atoms with E-state index in [-0.39, 0.29) is 24.4 Å². The van der Waals surface area contributed by atoms with Crippen LogP contribution >= 0.6 is 0 Å². The number of hydrogen-bond acceptors (Lipinski definition) is 4. The third-order valence-corrected chi connectivity index (χ3v) is 5.16. The van der Waals surface area contributed by atoms with E-state index >= 15 is 0 Å². The van der Waals surface area contributed by atoms with E-state index in [1.54, 1.807) is 6.07 Å². The number of ether oxygens (including phenoxy) is 1. The zero-order valence-electron chi connectivity index (χ0n) is 16.6. The number of carbonyl (C=O) groups is 1. The van der Waals surface area contributed by atoms with E-state index in [2.05, 4.69) is 10.3 Å². The number of fused-ring (bicyclic) bond motifs is 1. The van der Waals surface area contributed by atoms with Crippen LogP contribution in [0.5, 0.6) is 0 Å². The lowest BCUT2D eigenvalue weighted by Crippen LogP contribution is -2.23. The molecule has 150 valence electrons. The van der Waals surface area contributed by atoms with Gasteiger partial charge < -0.3 is 10.1 Å². The molecule has 1 aromatic heterocycles. The van der Waals surface area contributed by atoms with Gasteiger partial charge in [0, 0.05) is 25.3 Å². The molecule has 0 bridgehead atoms. The summed E-state index contributed by atoms with van der Waals surface area (Å²) in [5.41, 5.74) is 3.32. The lowest BCUT2D eigenvalue weighted by Gasteiger charge is -2.10. The maximum Gasteiger partial charge on any atom is 0.261 e. The van der Waals surface area contributed by atoms with Gasteiger partial charge in [-0.2, -0.15) is 0 Å². The van der Waals surface area contributed by atoms with Gasteiger partial charge in [0.15, 0.2) is 0 Å². The summed E-state index contributed by atoms with van der Waals surface area (Å²) in [6.07, 6.45) is 4.25. The smallest absolute Gasteiger partial charge is 0.261 e. The first kappa shape index (κ1) is 19.3. The number of nitrogens with zero attached hydrogens (tertiary/aromatic N) is 2. The van der Waals surface area contributed by atoms with Crippen molar-refractivity contribution in [2.24, 2.45) is 5.92 Å². The molecule has 1 heterocycles. The summed E-state index contributed by atoms with van der Waals surface area (Å²) >= 11 is 0. The van der Waals surface area contributed by atoms with Gasteiger partial charge in [-0.05, 0) is 55.0 Å². The zero-order valence-corrected chi connectivity index (χ0v) is 16.6. The average molecular weight is 391 g/mol. The summed E-state index contributed by atoms with van der Waals surface area (Å²) < 4.78 is 7.20. The second kappa shape index (κ2) is 8.57. The molecule has 0 radical (unpaired) electrons. The predicted molar refractivity (Wildman–Crippen MR) is 113 cm³/mol. The Morgan fingerprint density at radius 3 is 2.90 bits per heavy atom. The minimum absolute atomic E-state index is 0.124. The van der Waals surface area contributed by atoms with Crippen LogP contribution in [0.4, 0.5) is 5.69 Å². The lowest BCUT2D eigenvalue weighted by molar-refractivity contribution is -0.116. The molecule has 6 heteroatoms. The average Bonchev–Trinajstić information content (AvgIpc) is 3.53. The SMILES string of the molecule is Cc1cccc2c(=O)n(CCC(=O)Nc3cccc(COCC4CC4)c3)cnc12. The third kappa shape index (κ3) is 4.90.